The first-order valence-electron chi connectivity index (χ1n) is 10.6. The van der Waals surface area contributed by atoms with Crippen molar-refractivity contribution >= 4 is 0 Å². The van der Waals surface area contributed by atoms with Crippen LogP contribution >= 0.6 is 0 Å². The molecule has 3 fully saturated rings. The molecule has 4 atom stereocenters. The van der Waals surface area contributed by atoms with Crippen molar-refractivity contribution in [3.05, 3.63) is 59.4 Å². The van der Waals surface area contributed by atoms with Gasteiger partial charge < -0.3 is 19.1 Å². The first-order chi connectivity index (χ1) is 14.1. The average molecular weight is 395 g/mol. The first-order valence-corrected chi connectivity index (χ1v) is 10.6. The molecule has 2 aromatic rings. The van der Waals surface area contributed by atoms with Crippen molar-refractivity contribution in [3.63, 3.8) is 0 Å². The van der Waals surface area contributed by atoms with E-state index in [9.17, 15) is 0 Å². The van der Waals surface area contributed by atoms with E-state index in [2.05, 4.69) is 48.1 Å². The highest BCUT2D eigenvalue weighted by atomic mass is 16.7. The zero-order chi connectivity index (χ0) is 20.1. The summed E-state index contributed by atoms with van der Waals surface area (Å²) in [4.78, 5) is 6.74. The maximum Gasteiger partial charge on any atom is 0.170 e. The van der Waals surface area contributed by atoms with E-state index in [0.29, 0.717) is 12.6 Å². The Labute approximate surface area is 173 Å². The number of benzene rings is 1. The molecule has 1 unspecified atom stereocenters. The monoisotopic (exact) mass is 394 g/mol. The van der Waals surface area contributed by atoms with Gasteiger partial charge in [0.15, 0.2) is 5.79 Å². The fourth-order valence-corrected chi connectivity index (χ4v) is 5.71. The molecule has 1 aromatic heterocycles. The van der Waals surface area contributed by atoms with Gasteiger partial charge >= 0.3 is 0 Å². The molecule has 2 saturated heterocycles. The number of hydrogen-bond acceptors (Lipinski definition) is 5. The third-order valence-electron chi connectivity index (χ3n) is 7.43. The van der Waals surface area contributed by atoms with Gasteiger partial charge in [0.05, 0.1) is 13.7 Å². The second kappa shape index (κ2) is 7.08. The summed E-state index contributed by atoms with van der Waals surface area (Å²) in [7, 11) is 4.00. The Morgan fingerprint density at radius 3 is 2.90 bits per heavy atom. The van der Waals surface area contributed by atoms with Gasteiger partial charge in [0.25, 0.3) is 0 Å². The Hall–Kier alpha value is -1.95. The van der Waals surface area contributed by atoms with E-state index >= 15 is 0 Å². The van der Waals surface area contributed by atoms with Crippen LogP contribution in [0.2, 0.25) is 0 Å². The van der Waals surface area contributed by atoms with Crippen molar-refractivity contribution in [1.82, 2.24) is 9.88 Å². The molecule has 0 N–H and O–H groups in total. The van der Waals surface area contributed by atoms with Crippen molar-refractivity contribution in [3.8, 4) is 5.75 Å². The quantitative estimate of drug-likeness (QED) is 0.787. The standard InChI is InChI=1S/C24H30N2O3/c1-17-6-7-19(13-20(17)27-3)23-8-9-24(14-22(23)26(2)12-10-23)28-16-21(29-24)18-5-4-11-25-15-18/h4-7,11,13,15,21-22H,8-10,12,14,16H2,1-3H3/t21-,22+,23+,24?/m1/s1. The Morgan fingerprint density at radius 2 is 2.10 bits per heavy atom. The summed E-state index contributed by atoms with van der Waals surface area (Å²) in [6.07, 6.45) is 7.72. The van der Waals surface area contributed by atoms with Gasteiger partial charge in [-0.1, -0.05) is 18.2 Å². The van der Waals surface area contributed by atoms with Crippen LogP contribution < -0.4 is 4.74 Å². The molecule has 5 heteroatoms. The van der Waals surface area contributed by atoms with Gasteiger partial charge in [0.1, 0.15) is 11.9 Å². The van der Waals surface area contributed by atoms with Crippen LogP contribution in [0, 0.1) is 6.92 Å². The van der Waals surface area contributed by atoms with Gasteiger partial charge in [-0.2, -0.15) is 0 Å². The molecule has 0 bridgehead atoms. The summed E-state index contributed by atoms with van der Waals surface area (Å²) >= 11 is 0. The minimum absolute atomic E-state index is 0.0256. The number of aryl methyl sites for hydroxylation is 1. The smallest absolute Gasteiger partial charge is 0.170 e. The van der Waals surface area contributed by atoms with Crippen LogP contribution in [0.1, 0.15) is 48.5 Å². The van der Waals surface area contributed by atoms with Gasteiger partial charge in [-0.05, 0) is 56.6 Å². The fraction of sp³-hybridized carbons (Fsp3) is 0.542. The number of ether oxygens (including phenoxy) is 3. The predicted octanol–water partition coefficient (Wildman–Crippen LogP) is 4.01. The van der Waals surface area contributed by atoms with Gasteiger partial charge in [0, 0.05) is 42.3 Å². The molecular formula is C24H30N2O3. The average Bonchev–Trinajstić information content (AvgIpc) is 3.32. The lowest BCUT2D eigenvalue weighted by atomic mass is 9.64. The predicted molar refractivity (Wildman–Crippen MR) is 111 cm³/mol. The Kier molecular flexibility index (Phi) is 4.65. The van der Waals surface area contributed by atoms with Gasteiger partial charge in [0.2, 0.25) is 0 Å². The molecule has 2 aliphatic heterocycles. The highest BCUT2D eigenvalue weighted by Gasteiger charge is 2.57. The molecule has 1 aliphatic carbocycles. The number of rotatable bonds is 3. The molecule has 0 amide bonds. The molecule has 1 aromatic carbocycles. The van der Waals surface area contributed by atoms with E-state index in [1.165, 1.54) is 17.5 Å². The maximum absolute atomic E-state index is 6.56. The number of likely N-dealkylation sites (tertiary alicyclic amines) is 1. The third-order valence-corrected chi connectivity index (χ3v) is 7.43. The lowest BCUT2D eigenvalue weighted by Gasteiger charge is -2.48. The second-order valence-electron chi connectivity index (χ2n) is 8.91. The lowest BCUT2D eigenvalue weighted by Crippen LogP contribution is -2.52. The summed E-state index contributed by atoms with van der Waals surface area (Å²) in [5.74, 6) is 0.498. The van der Waals surface area contributed by atoms with E-state index in [0.717, 1.165) is 37.1 Å². The number of likely N-dealkylation sites (N-methyl/N-ethyl adjacent to an activating group) is 1. The van der Waals surface area contributed by atoms with Crippen molar-refractivity contribution in [2.75, 3.05) is 27.3 Å². The van der Waals surface area contributed by atoms with E-state index < -0.39 is 5.79 Å². The SMILES string of the molecule is COc1cc([C@]23CCN(C)[C@H]2CC2(CC3)OC[C@H](c3cccnc3)O2)ccc1C. The third kappa shape index (κ3) is 3.07. The molecule has 154 valence electrons. The van der Waals surface area contributed by atoms with Crippen molar-refractivity contribution in [2.45, 2.75) is 56.0 Å². The van der Waals surface area contributed by atoms with E-state index in [1.54, 1.807) is 13.3 Å². The zero-order valence-corrected chi connectivity index (χ0v) is 17.6. The molecule has 1 saturated carbocycles. The van der Waals surface area contributed by atoms with Gasteiger partial charge in [-0.25, -0.2) is 0 Å². The van der Waals surface area contributed by atoms with Crippen LogP contribution in [0.3, 0.4) is 0 Å². The number of nitrogens with zero attached hydrogens (tertiary/aromatic N) is 2. The summed E-state index contributed by atoms with van der Waals surface area (Å²) in [5, 5.41) is 0. The first kappa shape index (κ1) is 19.0. The van der Waals surface area contributed by atoms with Crippen LogP contribution in [0.5, 0.6) is 5.75 Å². The normalized spacial score (nSPS) is 34.4. The van der Waals surface area contributed by atoms with Crippen molar-refractivity contribution < 1.29 is 14.2 Å². The van der Waals surface area contributed by atoms with Crippen LogP contribution in [0.25, 0.3) is 0 Å². The summed E-state index contributed by atoms with van der Waals surface area (Å²) in [6.45, 7) is 3.81. The van der Waals surface area contributed by atoms with Gasteiger partial charge in [-0.3, -0.25) is 4.98 Å². The molecular weight excluding hydrogens is 364 g/mol. The largest absolute Gasteiger partial charge is 0.496 e. The topological polar surface area (TPSA) is 43.8 Å². The highest BCUT2D eigenvalue weighted by Crippen LogP contribution is 2.55. The summed E-state index contributed by atoms with van der Waals surface area (Å²) in [5.41, 5.74) is 3.82. The van der Waals surface area contributed by atoms with E-state index in [1.807, 2.05) is 12.3 Å². The number of methoxy groups -OCH3 is 1. The number of pyridine rings is 1. The summed E-state index contributed by atoms with van der Waals surface area (Å²) in [6, 6.07) is 11.2. The molecule has 29 heavy (non-hydrogen) atoms. The zero-order valence-electron chi connectivity index (χ0n) is 17.6. The van der Waals surface area contributed by atoms with Crippen LogP contribution in [0.4, 0.5) is 0 Å². The van der Waals surface area contributed by atoms with Crippen molar-refractivity contribution in [2.24, 2.45) is 0 Å². The second-order valence-corrected chi connectivity index (χ2v) is 8.91. The molecule has 5 nitrogen and oxygen atoms in total. The minimum atomic E-state index is -0.484. The molecule has 0 radical (unpaired) electrons. The van der Waals surface area contributed by atoms with Gasteiger partial charge in [-0.15, -0.1) is 0 Å². The van der Waals surface area contributed by atoms with Crippen molar-refractivity contribution in [1.29, 1.82) is 0 Å². The maximum atomic E-state index is 6.56. The van der Waals surface area contributed by atoms with Crippen LogP contribution in [-0.2, 0) is 14.9 Å². The van der Waals surface area contributed by atoms with Crippen LogP contribution in [-0.4, -0.2) is 49.0 Å². The molecule has 3 heterocycles. The summed E-state index contributed by atoms with van der Waals surface area (Å²) < 4.78 is 18.5. The Morgan fingerprint density at radius 1 is 1.21 bits per heavy atom. The molecule has 3 aliphatic rings. The molecule has 5 rings (SSSR count). The van der Waals surface area contributed by atoms with E-state index in [-0.39, 0.29) is 11.5 Å². The lowest BCUT2D eigenvalue weighted by molar-refractivity contribution is -0.204. The minimum Gasteiger partial charge on any atom is -0.496 e. The number of aromatic nitrogens is 1. The Bertz CT molecular complexity index is 889. The molecule has 1 spiro atoms. The number of hydrogen-bond donors (Lipinski definition) is 0. The van der Waals surface area contributed by atoms with E-state index in [4.69, 9.17) is 14.2 Å². The highest BCUT2D eigenvalue weighted by molar-refractivity contribution is 5.42. The Balaban J connectivity index is 1.42. The number of fused-ring (bicyclic) bond motifs is 1. The fourth-order valence-electron chi connectivity index (χ4n) is 5.71. The van der Waals surface area contributed by atoms with Crippen LogP contribution in [0.15, 0.2) is 42.7 Å².